The summed E-state index contributed by atoms with van der Waals surface area (Å²) >= 11 is 0. The molecule has 0 aliphatic carbocycles. The minimum atomic E-state index is 0.992. The monoisotopic (exact) mass is 236 g/mol. The molecule has 0 bridgehead atoms. The van der Waals surface area contributed by atoms with Gasteiger partial charge in [-0.2, -0.15) is 0 Å². The molecule has 0 atom stereocenters. The van der Waals surface area contributed by atoms with E-state index in [0.29, 0.717) is 0 Å². The van der Waals surface area contributed by atoms with Crippen LogP contribution in [-0.2, 0) is 0 Å². The van der Waals surface area contributed by atoms with Crippen LogP contribution < -0.4 is 0 Å². The first kappa shape index (κ1) is 11.1. The molecule has 1 heterocycles. The van der Waals surface area contributed by atoms with Crippen LogP contribution in [0.5, 0.6) is 0 Å². The van der Waals surface area contributed by atoms with Crippen molar-refractivity contribution in [1.29, 1.82) is 0 Å². The van der Waals surface area contributed by atoms with Gasteiger partial charge < -0.3 is 4.42 Å². The van der Waals surface area contributed by atoms with Crippen molar-refractivity contribution in [2.45, 2.75) is 20.3 Å². The Bertz CT molecular complexity index is 732. The molecule has 0 aliphatic heterocycles. The molecular formula is C17H16O. The van der Waals surface area contributed by atoms with Crippen molar-refractivity contribution in [3.05, 3.63) is 53.8 Å². The molecule has 18 heavy (non-hydrogen) atoms. The molecule has 0 saturated heterocycles. The Hall–Kier alpha value is -2.02. The molecule has 3 aromatic rings. The van der Waals surface area contributed by atoms with Gasteiger partial charge in [-0.15, -0.1) is 0 Å². The summed E-state index contributed by atoms with van der Waals surface area (Å²) in [5.41, 5.74) is 2.21. The molecular weight excluding hydrogens is 220 g/mol. The highest BCUT2D eigenvalue weighted by atomic mass is 16.3. The summed E-state index contributed by atoms with van der Waals surface area (Å²) in [4.78, 5) is 0. The topological polar surface area (TPSA) is 13.1 Å². The van der Waals surface area contributed by atoms with Crippen molar-refractivity contribution in [2.75, 3.05) is 0 Å². The van der Waals surface area contributed by atoms with Crippen LogP contribution in [0.3, 0.4) is 0 Å². The second kappa shape index (κ2) is 4.34. The quantitative estimate of drug-likeness (QED) is 0.587. The summed E-state index contributed by atoms with van der Waals surface area (Å²) < 4.78 is 5.96. The summed E-state index contributed by atoms with van der Waals surface area (Å²) in [7, 11) is 0. The van der Waals surface area contributed by atoms with Gasteiger partial charge in [-0.05, 0) is 24.8 Å². The van der Waals surface area contributed by atoms with Crippen LogP contribution >= 0.6 is 0 Å². The maximum atomic E-state index is 5.96. The number of fused-ring (bicyclic) bond motifs is 3. The molecule has 0 aliphatic rings. The zero-order chi connectivity index (χ0) is 12.5. The number of allylic oxidation sites excluding steroid dienone is 1. The van der Waals surface area contributed by atoms with Gasteiger partial charge in [0, 0.05) is 16.3 Å². The highest BCUT2D eigenvalue weighted by molar-refractivity contribution is 6.07. The van der Waals surface area contributed by atoms with Crippen LogP contribution in [-0.4, -0.2) is 0 Å². The number of benzene rings is 2. The summed E-state index contributed by atoms with van der Waals surface area (Å²) in [6.45, 7) is 4.17. The van der Waals surface area contributed by atoms with E-state index in [4.69, 9.17) is 4.42 Å². The van der Waals surface area contributed by atoms with Crippen LogP contribution in [0.25, 0.3) is 27.8 Å². The van der Waals surface area contributed by atoms with Gasteiger partial charge in [0.05, 0.1) is 0 Å². The molecule has 1 nitrogen and oxygen atoms in total. The average Bonchev–Trinajstić information content (AvgIpc) is 2.72. The largest absolute Gasteiger partial charge is 0.460 e. The van der Waals surface area contributed by atoms with Crippen molar-refractivity contribution in [2.24, 2.45) is 0 Å². The van der Waals surface area contributed by atoms with E-state index in [9.17, 15) is 0 Å². The summed E-state index contributed by atoms with van der Waals surface area (Å²) in [6.07, 6.45) is 5.38. The average molecular weight is 236 g/mol. The smallest absolute Gasteiger partial charge is 0.142 e. The van der Waals surface area contributed by atoms with Crippen molar-refractivity contribution >= 4 is 27.8 Å². The Labute approximate surface area is 107 Å². The van der Waals surface area contributed by atoms with E-state index in [1.54, 1.807) is 0 Å². The molecule has 90 valence electrons. The Morgan fingerprint density at radius 3 is 2.72 bits per heavy atom. The van der Waals surface area contributed by atoms with E-state index in [0.717, 1.165) is 17.8 Å². The van der Waals surface area contributed by atoms with Gasteiger partial charge in [0.2, 0.25) is 0 Å². The van der Waals surface area contributed by atoms with E-state index in [-0.39, 0.29) is 0 Å². The Morgan fingerprint density at radius 1 is 1.06 bits per heavy atom. The molecule has 0 spiro atoms. The minimum Gasteiger partial charge on any atom is -0.460 e. The molecule has 1 aromatic heterocycles. The summed E-state index contributed by atoms with van der Waals surface area (Å²) in [6, 6.07) is 12.7. The van der Waals surface area contributed by atoms with Gasteiger partial charge in [0.25, 0.3) is 0 Å². The summed E-state index contributed by atoms with van der Waals surface area (Å²) in [5, 5.41) is 3.62. The summed E-state index contributed by atoms with van der Waals surface area (Å²) in [5.74, 6) is 0.992. The molecule has 2 aromatic carbocycles. The number of hydrogen-bond acceptors (Lipinski definition) is 1. The zero-order valence-electron chi connectivity index (χ0n) is 10.7. The van der Waals surface area contributed by atoms with Crippen LogP contribution in [0.15, 0.2) is 46.9 Å². The normalized spacial score (nSPS) is 11.9. The van der Waals surface area contributed by atoms with Gasteiger partial charge >= 0.3 is 0 Å². The highest BCUT2D eigenvalue weighted by Crippen LogP contribution is 2.32. The SMILES string of the molecule is CC/C=C\c1c(C)oc2c1ccc1ccccc12. The van der Waals surface area contributed by atoms with E-state index >= 15 is 0 Å². The van der Waals surface area contributed by atoms with Crippen molar-refractivity contribution in [3.63, 3.8) is 0 Å². The third-order valence-electron chi connectivity index (χ3n) is 3.32. The molecule has 1 heteroatoms. The van der Waals surface area contributed by atoms with Crippen LogP contribution in [0.2, 0.25) is 0 Å². The predicted molar refractivity (Wildman–Crippen MR) is 77.8 cm³/mol. The fourth-order valence-corrected chi connectivity index (χ4v) is 2.41. The molecule has 0 saturated carbocycles. The Kier molecular flexibility index (Phi) is 2.67. The van der Waals surface area contributed by atoms with Crippen LogP contribution in [0.4, 0.5) is 0 Å². The van der Waals surface area contributed by atoms with Gasteiger partial charge in [-0.1, -0.05) is 49.4 Å². The minimum absolute atomic E-state index is 0.992. The van der Waals surface area contributed by atoms with Crippen molar-refractivity contribution in [3.8, 4) is 0 Å². The molecule has 0 N–H and O–H groups in total. The number of hydrogen-bond donors (Lipinski definition) is 0. The molecule has 0 amide bonds. The van der Waals surface area contributed by atoms with Crippen molar-refractivity contribution < 1.29 is 4.42 Å². The molecule has 0 unspecified atom stereocenters. The van der Waals surface area contributed by atoms with E-state index in [2.05, 4.69) is 55.5 Å². The van der Waals surface area contributed by atoms with E-state index < -0.39 is 0 Å². The standard InChI is InChI=1S/C17H16O/c1-3-4-8-14-12(2)18-17-15-9-6-5-7-13(15)10-11-16(14)17/h4-11H,3H2,1-2H3/b8-4-. The maximum Gasteiger partial charge on any atom is 0.142 e. The number of aryl methyl sites for hydroxylation is 1. The lowest BCUT2D eigenvalue weighted by Crippen LogP contribution is -1.74. The van der Waals surface area contributed by atoms with E-state index in [1.807, 2.05) is 6.92 Å². The molecule has 3 rings (SSSR count). The predicted octanol–water partition coefficient (Wildman–Crippen LogP) is 5.32. The third kappa shape index (κ3) is 1.63. The first-order valence-electron chi connectivity index (χ1n) is 6.38. The Balaban J connectivity index is 2.37. The third-order valence-corrected chi connectivity index (χ3v) is 3.32. The number of rotatable bonds is 2. The van der Waals surface area contributed by atoms with Crippen LogP contribution in [0, 0.1) is 6.92 Å². The second-order valence-electron chi connectivity index (χ2n) is 4.55. The fraction of sp³-hybridized carbons (Fsp3) is 0.176. The van der Waals surface area contributed by atoms with Crippen molar-refractivity contribution in [1.82, 2.24) is 0 Å². The van der Waals surface area contributed by atoms with Gasteiger partial charge in [0.1, 0.15) is 11.3 Å². The van der Waals surface area contributed by atoms with Gasteiger partial charge in [-0.25, -0.2) is 0 Å². The maximum absolute atomic E-state index is 5.96. The first-order chi connectivity index (χ1) is 8.81. The lowest BCUT2D eigenvalue weighted by atomic mass is 10.0. The Morgan fingerprint density at radius 2 is 1.89 bits per heavy atom. The zero-order valence-corrected chi connectivity index (χ0v) is 10.7. The number of furan rings is 1. The van der Waals surface area contributed by atoms with E-state index in [1.165, 1.54) is 21.7 Å². The van der Waals surface area contributed by atoms with Gasteiger partial charge in [0.15, 0.2) is 0 Å². The fourth-order valence-electron chi connectivity index (χ4n) is 2.41. The first-order valence-corrected chi connectivity index (χ1v) is 6.38. The highest BCUT2D eigenvalue weighted by Gasteiger charge is 2.10. The van der Waals surface area contributed by atoms with Gasteiger partial charge in [-0.3, -0.25) is 0 Å². The molecule has 0 fully saturated rings. The van der Waals surface area contributed by atoms with Crippen LogP contribution in [0.1, 0.15) is 24.7 Å². The lowest BCUT2D eigenvalue weighted by Gasteiger charge is -1.97. The lowest BCUT2D eigenvalue weighted by molar-refractivity contribution is 0.580. The second-order valence-corrected chi connectivity index (χ2v) is 4.55. The molecule has 0 radical (unpaired) electrons.